The summed E-state index contributed by atoms with van der Waals surface area (Å²) in [5.41, 5.74) is 5.27. The van der Waals surface area contributed by atoms with Crippen molar-refractivity contribution in [3.05, 3.63) is 92.6 Å². The summed E-state index contributed by atoms with van der Waals surface area (Å²) in [6.45, 7) is 0.242. The third kappa shape index (κ3) is 3.49. The fraction of sp³-hybridized carbons (Fsp3) is 0.231. The van der Waals surface area contributed by atoms with Gasteiger partial charge >= 0.3 is 6.16 Å². The predicted molar refractivity (Wildman–Crippen MR) is 130 cm³/mol. The first-order valence-electron chi connectivity index (χ1n) is 11.1. The van der Waals surface area contributed by atoms with Crippen molar-refractivity contribution in [3.8, 4) is 11.1 Å². The SMILES string of the molecule is O=C(OCC1c2ccccc2-c2ccccc21)OCC1CCc2nc3cc(Br)cnc3c(=O)n21. The van der Waals surface area contributed by atoms with Crippen molar-refractivity contribution in [1.82, 2.24) is 14.5 Å². The van der Waals surface area contributed by atoms with Crippen molar-refractivity contribution < 1.29 is 14.3 Å². The molecule has 1 unspecified atom stereocenters. The van der Waals surface area contributed by atoms with Crippen LogP contribution in [-0.4, -0.2) is 33.9 Å². The Balaban J connectivity index is 1.14. The molecule has 3 heterocycles. The highest BCUT2D eigenvalue weighted by atomic mass is 79.9. The predicted octanol–water partition coefficient (Wildman–Crippen LogP) is 5.01. The first kappa shape index (κ1) is 21.0. The van der Waals surface area contributed by atoms with E-state index in [4.69, 9.17) is 9.47 Å². The summed E-state index contributed by atoms with van der Waals surface area (Å²) in [6.07, 6.45) is 2.14. The number of fused-ring (bicyclic) bond motifs is 5. The minimum absolute atomic E-state index is 0.0317. The number of ether oxygens (including phenoxy) is 2. The number of benzene rings is 2. The zero-order valence-electron chi connectivity index (χ0n) is 18.1. The van der Waals surface area contributed by atoms with E-state index in [9.17, 15) is 9.59 Å². The van der Waals surface area contributed by atoms with Crippen LogP contribution in [0.3, 0.4) is 0 Å². The summed E-state index contributed by atoms with van der Waals surface area (Å²) in [4.78, 5) is 34.3. The summed E-state index contributed by atoms with van der Waals surface area (Å²) in [7, 11) is 0. The van der Waals surface area contributed by atoms with Gasteiger partial charge in [0.05, 0.1) is 11.6 Å². The molecule has 2 aromatic heterocycles. The maximum atomic E-state index is 13.0. The smallest absolute Gasteiger partial charge is 0.433 e. The van der Waals surface area contributed by atoms with Crippen LogP contribution in [0.15, 0.2) is 70.1 Å². The van der Waals surface area contributed by atoms with E-state index >= 15 is 0 Å². The van der Waals surface area contributed by atoms with Crippen LogP contribution in [0.4, 0.5) is 4.79 Å². The van der Waals surface area contributed by atoms with Gasteiger partial charge in [-0.3, -0.25) is 9.36 Å². The molecule has 7 nitrogen and oxygen atoms in total. The molecule has 0 amide bonds. The van der Waals surface area contributed by atoms with Crippen molar-refractivity contribution in [1.29, 1.82) is 0 Å². The molecule has 8 heteroatoms. The van der Waals surface area contributed by atoms with Gasteiger partial charge < -0.3 is 9.47 Å². The highest BCUT2D eigenvalue weighted by molar-refractivity contribution is 9.10. The van der Waals surface area contributed by atoms with Gasteiger partial charge in [0.1, 0.15) is 19.0 Å². The molecule has 0 radical (unpaired) electrons. The fourth-order valence-corrected chi connectivity index (χ4v) is 5.35. The van der Waals surface area contributed by atoms with Crippen LogP contribution in [-0.2, 0) is 15.9 Å². The number of hydrogen-bond donors (Lipinski definition) is 0. The molecule has 0 N–H and O–H groups in total. The lowest BCUT2D eigenvalue weighted by molar-refractivity contribution is 0.0442. The lowest BCUT2D eigenvalue weighted by atomic mass is 9.98. The number of aromatic nitrogens is 3. The van der Waals surface area contributed by atoms with E-state index in [0.717, 1.165) is 15.6 Å². The van der Waals surface area contributed by atoms with Crippen LogP contribution in [0.1, 0.15) is 35.3 Å². The molecule has 0 saturated carbocycles. The maximum Gasteiger partial charge on any atom is 0.508 e. The Labute approximate surface area is 203 Å². The lowest BCUT2D eigenvalue weighted by Crippen LogP contribution is -2.28. The summed E-state index contributed by atoms with van der Waals surface area (Å²) in [6, 6.07) is 17.8. The van der Waals surface area contributed by atoms with Crippen molar-refractivity contribution in [2.45, 2.75) is 24.8 Å². The van der Waals surface area contributed by atoms with Crippen molar-refractivity contribution >= 4 is 33.1 Å². The second-order valence-corrected chi connectivity index (χ2v) is 9.43. The largest absolute Gasteiger partial charge is 0.508 e. The van der Waals surface area contributed by atoms with Crippen molar-refractivity contribution in [2.75, 3.05) is 13.2 Å². The number of nitrogens with zero attached hydrogens (tertiary/aromatic N) is 3. The molecule has 0 spiro atoms. The number of pyridine rings is 1. The number of rotatable bonds is 4. The second-order valence-electron chi connectivity index (χ2n) is 8.52. The number of carbonyl (C=O) groups is 1. The normalized spacial score (nSPS) is 16.2. The van der Waals surface area contributed by atoms with Crippen LogP contribution in [0.2, 0.25) is 0 Å². The van der Waals surface area contributed by atoms with E-state index in [0.29, 0.717) is 29.7 Å². The van der Waals surface area contributed by atoms with E-state index < -0.39 is 6.16 Å². The fourth-order valence-electron chi connectivity index (χ4n) is 5.04. The van der Waals surface area contributed by atoms with Gasteiger partial charge in [-0.25, -0.2) is 14.8 Å². The van der Waals surface area contributed by atoms with E-state index in [1.165, 1.54) is 11.1 Å². The molecule has 170 valence electrons. The molecule has 0 fully saturated rings. The van der Waals surface area contributed by atoms with Gasteiger partial charge in [-0.1, -0.05) is 48.5 Å². The van der Waals surface area contributed by atoms with Gasteiger partial charge in [0, 0.05) is 23.0 Å². The number of aryl methyl sites for hydroxylation is 1. The topological polar surface area (TPSA) is 83.3 Å². The first-order chi connectivity index (χ1) is 16.6. The summed E-state index contributed by atoms with van der Waals surface area (Å²) in [5, 5.41) is 0. The molecule has 1 aliphatic carbocycles. The summed E-state index contributed by atoms with van der Waals surface area (Å²) < 4.78 is 13.3. The third-order valence-corrected chi connectivity index (χ3v) is 7.01. The molecule has 2 aromatic carbocycles. The Bertz CT molecular complexity index is 1450. The average molecular weight is 518 g/mol. The quantitative estimate of drug-likeness (QED) is 0.354. The number of halogens is 1. The Kier molecular flexibility index (Phi) is 5.17. The minimum atomic E-state index is -0.737. The van der Waals surface area contributed by atoms with E-state index in [1.807, 2.05) is 24.3 Å². The highest BCUT2D eigenvalue weighted by Gasteiger charge is 2.30. The Morgan fingerprint density at radius 2 is 1.71 bits per heavy atom. The molecule has 2 aliphatic rings. The van der Waals surface area contributed by atoms with Gasteiger partial charge in [0.15, 0.2) is 5.52 Å². The van der Waals surface area contributed by atoms with Crippen molar-refractivity contribution in [3.63, 3.8) is 0 Å². The molecular formula is C26H20BrN3O4. The minimum Gasteiger partial charge on any atom is -0.433 e. The number of carbonyl (C=O) groups excluding carboxylic acids is 1. The third-order valence-electron chi connectivity index (χ3n) is 6.57. The average Bonchev–Trinajstić information content (AvgIpc) is 3.40. The van der Waals surface area contributed by atoms with Crippen LogP contribution in [0, 0.1) is 0 Å². The van der Waals surface area contributed by atoms with Gasteiger partial charge in [0.25, 0.3) is 5.56 Å². The molecule has 0 bridgehead atoms. The summed E-state index contributed by atoms with van der Waals surface area (Å²) >= 11 is 3.36. The molecule has 0 saturated heterocycles. The van der Waals surface area contributed by atoms with Crippen LogP contribution >= 0.6 is 15.9 Å². The highest BCUT2D eigenvalue weighted by Crippen LogP contribution is 2.44. The maximum absolute atomic E-state index is 13.0. The van der Waals surface area contributed by atoms with Gasteiger partial charge in [0.2, 0.25) is 0 Å². The van der Waals surface area contributed by atoms with E-state index in [-0.39, 0.29) is 30.7 Å². The Morgan fingerprint density at radius 3 is 2.44 bits per heavy atom. The Morgan fingerprint density at radius 1 is 1.03 bits per heavy atom. The van der Waals surface area contributed by atoms with Crippen molar-refractivity contribution in [2.24, 2.45) is 0 Å². The van der Waals surface area contributed by atoms with Crippen LogP contribution < -0.4 is 5.56 Å². The van der Waals surface area contributed by atoms with Gasteiger partial charge in [-0.15, -0.1) is 0 Å². The molecule has 6 rings (SSSR count). The zero-order valence-corrected chi connectivity index (χ0v) is 19.7. The Hall–Kier alpha value is -3.52. The molecule has 4 aromatic rings. The zero-order chi connectivity index (χ0) is 23.2. The molecule has 1 aliphatic heterocycles. The monoisotopic (exact) mass is 517 g/mol. The van der Waals surface area contributed by atoms with E-state index in [1.54, 1.807) is 16.8 Å². The van der Waals surface area contributed by atoms with Crippen LogP contribution in [0.25, 0.3) is 22.2 Å². The van der Waals surface area contributed by atoms with E-state index in [2.05, 4.69) is 50.2 Å². The van der Waals surface area contributed by atoms with Crippen LogP contribution in [0.5, 0.6) is 0 Å². The van der Waals surface area contributed by atoms with Gasteiger partial charge in [-0.05, 0) is 50.7 Å². The standard InChI is InChI=1S/C26H20BrN3O4/c27-15-11-22-24(28-12-15)25(31)30-16(9-10-23(30)29-22)13-33-26(32)34-14-21-19-7-3-1-5-17(19)18-6-2-4-8-20(18)21/h1-8,11-12,16,21H,9-10,13-14H2. The molecule has 34 heavy (non-hydrogen) atoms. The second kappa shape index (κ2) is 8.36. The lowest BCUT2D eigenvalue weighted by Gasteiger charge is -2.16. The number of hydrogen-bond acceptors (Lipinski definition) is 6. The molecular weight excluding hydrogens is 498 g/mol. The first-order valence-corrected chi connectivity index (χ1v) is 11.9. The van der Waals surface area contributed by atoms with Gasteiger partial charge in [-0.2, -0.15) is 0 Å². The molecule has 1 atom stereocenters. The summed E-state index contributed by atoms with van der Waals surface area (Å²) in [5.74, 6) is 0.647.